The number of aromatic hydroxyl groups is 1. The van der Waals surface area contributed by atoms with Gasteiger partial charge in [-0.05, 0) is 29.0 Å². The molecule has 15 heavy (non-hydrogen) atoms. The summed E-state index contributed by atoms with van der Waals surface area (Å²) in [6.45, 7) is 0. The van der Waals surface area contributed by atoms with E-state index in [0.717, 1.165) is 15.2 Å². The van der Waals surface area contributed by atoms with Gasteiger partial charge in [0, 0.05) is 4.47 Å². The number of phenolic OH excluding ortho intramolecular Hbond substituents is 1. The third kappa shape index (κ3) is 4.07. The first kappa shape index (κ1) is 13.5. The molecule has 5 heteroatoms. The Balaban J connectivity index is 0.000000337. The topological polar surface area (TPSA) is 20.2 Å². The standard InChI is InChI=1S/C10H7BrO.2ClH.Zr/c11-10-3-1-2-7-4-5-8(12)6-9(7)10;;;/h1-6,12H;2*1H;/q;;;+2/p-2. The molecule has 0 bridgehead atoms. The maximum absolute atomic E-state index is 9.23. The van der Waals surface area contributed by atoms with Gasteiger partial charge in [-0.3, -0.25) is 0 Å². The van der Waals surface area contributed by atoms with Gasteiger partial charge in [-0.2, -0.15) is 0 Å². The number of phenols is 1. The van der Waals surface area contributed by atoms with Crippen LogP contribution >= 0.6 is 33.0 Å². The molecule has 0 aliphatic heterocycles. The van der Waals surface area contributed by atoms with Crippen molar-refractivity contribution in [1.82, 2.24) is 0 Å². The number of hydrogen-bond acceptors (Lipinski definition) is 1. The van der Waals surface area contributed by atoms with Crippen molar-refractivity contribution < 1.29 is 26.0 Å². The maximum atomic E-state index is 9.23. The third-order valence-electron chi connectivity index (χ3n) is 1.81. The molecule has 0 aliphatic rings. The van der Waals surface area contributed by atoms with Crippen molar-refractivity contribution in [3.8, 4) is 5.75 Å². The molecule has 0 saturated carbocycles. The van der Waals surface area contributed by atoms with Crippen LogP contribution in [0.1, 0.15) is 0 Å². The number of benzene rings is 2. The Morgan fingerprint density at radius 2 is 1.80 bits per heavy atom. The average Bonchev–Trinajstić information content (AvgIpc) is 2.21. The normalized spacial score (nSPS) is 9.27. The monoisotopic (exact) mass is 382 g/mol. The second-order valence-electron chi connectivity index (χ2n) is 2.72. The van der Waals surface area contributed by atoms with Crippen LogP contribution in [-0.4, -0.2) is 5.11 Å². The van der Waals surface area contributed by atoms with Crippen LogP contribution in [0.15, 0.2) is 40.9 Å². The zero-order valence-corrected chi connectivity index (χ0v) is 13.1. The van der Waals surface area contributed by atoms with Gasteiger partial charge < -0.3 is 5.11 Å². The molecular formula is C10H7BrCl2OZr. The van der Waals surface area contributed by atoms with Gasteiger partial charge in [0.05, 0.1) is 0 Å². The quantitative estimate of drug-likeness (QED) is 0.698. The predicted molar refractivity (Wildman–Crippen MR) is 65.0 cm³/mol. The molecular weight excluding hydrogens is 378 g/mol. The fraction of sp³-hybridized carbons (Fsp3) is 0. The second-order valence-corrected chi connectivity index (χ2v) is 7.30. The van der Waals surface area contributed by atoms with Crippen LogP contribution in [0.4, 0.5) is 0 Å². The van der Waals surface area contributed by atoms with Gasteiger partial charge in [-0.15, -0.1) is 0 Å². The van der Waals surface area contributed by atoms with Gasteiger partial charge in [-0.25, -0.2) is 0 Å². The summed E-state index contributed by atoms with van der Waals surface area (Å²) in [6, 6.07) is 11.3. The van der Waals surface area contributed by atoms with Crippen molar-refractivity contribution in [2.24, 2.45) is 0 Å². The Hall–Kier alpha value is 0.443. The Morgan fingerprint density at radius 3 is 2.47 bits per heavy atom. The van der Waals surface area contributed by atoms with Gasteiger partial charge in [-0.1, -0.05) is 34.1 Å². The zero-order valence-electron chi connectivity index (χ0n) is 7.55. The van der Waals surface area contributed by atoms with E-state index in [9.17, 15) is 5.11 Å². The van der Waals surface area contributed by atoms with Crippen LogP contribution in [0.3, 0.4) is 0 Å². The van der Waals surface area contributed by atoms with Crippen molar-refractivity contribution in [2.45, 2.75) is 0 Å². The van der Waals surface area contributed by atoms with Crippen molar-refractivity contribution in [2.75, 3.05) is 0 Å². The van der Waals surface area contributed by atoms with E-state index in [1.165, 1.54) is 0 Å². The molecule has 2 aromatic rings. The molecule has 0 spiro atoms. The van der Waals surface area contributed by atoms with Gasteiger partial charge in [0.15, 0.2) is 0 Å². The van der Waals surface area contributed by atoms with Gasteiger partial charge in [0.25, 0.3) is 0 Å². The van der Waals surface area contributed by atoms with E-state index in [1.54, 1.807) is 12.1 Å². The van der Waals surface area contributed by atoms with Crippen molar-refractivity contribution in [3.05, 3.63) is 40.9 Å². The van der Waals surface area contributed by atoms with Gasteiger partial charge in [0.2, 0.25) is 0 Å². The minimum absolute atomic E-state index is 0.300. The Labute approximate surface area is 115 Å². The number of rotatable bonds is 0. The summed E-state index contributed by atoms with van der Waals surface area (Å²) in [5, 5.41) is 11.4. The summed E-state index contributed by atoms with van der Waals surface area (Å²) in [6.07, 6.45) is 0. The van der Waals surface area contributed by atoms with E-state index in [-0.39, 0.29) is 0 Å². The summed E-state index contributed by atoms with van der Waals surface area (Å²) >= 11 is 2.59. The molecule has 2 aromatic carbocycles. The molecule has 2 rings (SSSR count). The molecule has 1 nitrogen and oxygen atoms in total. The first-order valence-electron chi connectivity index (χ1n) is 4.02. The van der Waals surface area contributed by atoms with Crippen molar-refractivity contribution >= 4 is 43.7 Å². The molecule has 0 aliphatic carbocycles. The first-order valence-corrected chi connectivity index (χ1v) is 11.1. The summed E-state index contributed by atoms with van der Waals surface area (Å²) in [5.74, 6) is 0.300. The Morgan fingerprint density at radius 1 is 1.13 bits per heavy atom. The summed E-state index contributed by atoms with van der Waals surface area (Å²) in [7, 11) is 9.87. The molecule has 0 fully saturated rings. The summed E-state index contributed by atoms with van der Waals surface area (Å²) < 4.78 is 1.01. The van der Waals surface area contributed by atoms with Crippen LogP contribution in [-0.2, 0) is 20.8 Å². The van der Waals surface area contributed by atoms with Crippen LogP contribution in [0.2, 0.25) is 0 Å². The van der Waals surface area contributed by atoms with E-state index < -0.39 is 20.8 Å². The van der Waals surface area contributed by atoms with E-state index in [4.69, 9.17) is 17.0 Å². The number of hydrogen-bond donors (Lipinski definition) is 1. The van der Waals surface area contributed by atoms with Crippen LogP contribution < -0.4 is 0 Å². The van der Waals surface area contributed by atoms with Crippen LogP contribution in [0, 0.1) is 0 Å². The van der Waals surface area contributed by atoms with Crippen LogP contribution in [0.25, 0.3) is 10.8 Å². The molecule has 78 valence electrons. The number of fused-ring (bicyclic) bond motifs is 1. The van der Waals surface area contributed by atoms with Crippen LogP contribution in [0.5, 0.6) is 5.75 Å². The second kappa shape index (κ2) is 6.90. The molecule has 0 heterocycles. The van der Waals surface area contributed by atoms with E-state index in [1.807, 2.05) is 24.3 Å². The summed E-state index contributed by atoms with van der Waals surface area (Å²) in [5.41, 5.74) is 0. The van der Waals surface area contributed by atoms with E-state index in [2.05, 4.69) is 15.9 Å². The molecule has 0 aromatic heterocycles. The fourth-order valence-corrected chi connectivity index (χ4v) is 1.72. The molecule has 1 N–H and O–H groups in total. The summed E-state index contributed by atoms with van der Waals surface area (Å²) in [4.78, 5) is 0. The molecule has 0 unspecified atom stereocenters. The molecule has 0 radical (unpaired) electrons. The fourth-order valence-electron chi connectivity index (χ4n) is 1.22. The van der Waals surface area contributed by atoms with E-state index >= 15 is 0 Å². The molecule has 0 amide bonds. The Bertz CT molecular complexity index is 450. The first-order chi connectivity index (χ1) is 7.19. The van der Waals surface area contributed by atoms with E-state index in [0.29, 0.717) is 5.75 Å². The SMILES string of the molecule is Oc1ccc2cccc(Br)c2c1.[Cl][Zr][Cl]. The minimum atomic E-state index is -0.826. The average molecular weight is 385 g/mol. The van der Waals surface area contributed by atoms with Gasteiger partial charge in [0.1, 0.15) is 5.75 Å². The zero-order chi connectivity index (χ0) is 11.3. The molecule has 0 atom stereocenters. The number of halogens is 3. The Kier molecular flexibility index (Phi) is 6.22. The third-order valence-corrected chi connectivity index (χ3v) is 2.50. The van der Waals surface area contributed by atoms with Gasteiger partial charge >= 0.3 is 37.9 Å². The molecule has 0 saturated heterocycles. The van der Waals surface area contributed by atoms with Crippen molar-refractivity contribution in [3.63, 3.8) is 0 Å². The predicted octanol–water partition coefficient (Wildman–Crippen LogP) is 4.68. The van der Waals surface area contributed by atoms with Crippen molar-refractivity contribution in [1.29, 1.82) is 0 Å².